The molecule has 0 bridgehead atoms. The highest BCUT2D eigenvalue weighted by molar-refractivity contribution is 5.92. The van der Waals surface area contributed by atoms with Crippen LogP contribution >= 0.6 is 0 Å². The lowest BCUT2D eigenvalue weighted by Gasteiger charge is -2.19. The molecule has 214 valence electrons. The Kier molecular flexibility index (Phi) is 11.0. The second-order valence-electron chi connectivity index (χ2n) is 8.79. The fourth-order valence-electron chi connectivity index (χ4n) is 4.30. The quantitative estimate of drug-likeness (QED) is 0.256. The Balaban J connectivity index is 1.82. The molecule has 0 aliphatic heterocycles. The van der Waals surface area contributed by atoms with Crippen LogP contribution in [-0.4, -0.2) is 55.4 Å². The van der Waals surface area contributed by atoms with E-state index in [2.05, 4.69) is 10.3 Å². The van der Waals surface area contributed by atoms with Crippen molar-refractivity contribution >= 4 is 11.9 Å². The summed E-state index contributed by atoms with van der Waals surface area (Å²) in [7, 11) is 1.53. The highest BCUT2D eigenvalue weighted by atomic mass is 16.5. The van der Waals surface area contributed by atoms with Gasteiger partial charge in [0.15, 0.2) is 11.5 Å². The number of H-pyrrole nitrogens is 1. The molecule has 0 unspecified atom stereocenters. The van der Waals surface area contributed by atoms with Crippen molar-refractivity contribution in [2.75, 3.05) is 33.5 Å². The molecule has 10 nitrogen and oxygen atoms in total. The van der Waals surface area contributed by atoms with Gasteiger partial charge in [0.2, 0.25) is 5.91 Å². The van der Waals surface area contributed by atoms with Crippen LogP contribution in [0, 0.1) is 0 Å². The van der Waals surface area contributed by atoms with Crippen LogP contribution in [0.3, 0.4) is 0 Å². The van der Waals surface area contributed by atoms with Crippen LogP contribution in [0.2, 0.25) is 0 Å². The second kappa shape index (κ2) is 14.6. The maximum Gasteiger partial charge on any atom is 0.343 e. The SMILES string of the molecule is CCOC(=O)c1c[nH]c(=O)c([C@H](CC(=O)NCCc2ccc(OCC)c(OCC)c2)c2ccc(OC)cc2)c1O. The lowest BCUT2D eigenvalue weighted by molar-refractivity contribution is -0.121. The minimum absolute atomic E-state index is 0.0947. The van der Waals surface area contributed by atoms with Crippen LogP contribution < -0.4 is 25.1 Å². The maximum absolute atomic E-state index is 13.1. The van der Waals surface area contributed by atoms with E-state index < -0.39 is 23.2 Å². The van der Waals surface area contributed by atoms with Gasteiger partial charge in [-0.25, -0.2) is 4.79 Å². The van der Waals surface area contributed by atoms with E-state index >= 15 is 0 Å². The number of hydrogen-bond donors (Lipinski definition) is 3. The van der Waals surface area contributed by atoms with Crippen molar-refractivity contribution in [1.29, 1.82) is 0 Å². The van der Waals surface area contributed by atoms with Crippen molar-refractivity contribution < 1.29 is 33.6 Å². The van der Waals surface area contributed by atoms with Crippen LogP contribution in [0.15, 0.2) is 53.5 Å². The first-order valence-corrected chi connectivity index (χ1v) is 13.2. The number of ether oxygens (including phenoxy) is 4. The molecule has 0 spiro atoms. The molecule has 0 fully saturated rings. The molecule has 2 aromatic carbocycles. The van der Waals surface area contributed by atoms with Crippen molar-refractivity contribution in [3.63, 3.8) is 0 Å². The van der Waals surface area contributed by atoms with Crippen molar-refractivity contribution in [3.05, 3.63) is 81.3 Å². The topological polar surface area (TPSA) is 136 Å². The largest absolute Gasteiger partial charge is 0.506 e. The highest BCUT2D eigenvalue weighted by Crippen LogP contribution is 2.34. The van der Waals surface area contributed by atoms with Gasteiger partial charge >= 0.3 is 5.97 Å². The zero-order chi connectivity index (χ0) is 29.1. The summed E-state index contributed by atoms with van der Waals surface area (Å²) >= 11 is 0. The van der Waals surface area contributed by atoms with E-state index in [1.165, 1.54) is 7.11 Å². The van der Waals surface area contributed by atoms with Gasteiger partial charge in [-0.1, -0.05) is 18.2 Å². The Morgan fingerprint density at radius 2 is 1.68 bits per heavy atom. The van der Waals surface area contributed by atoms with Gasteiger partial charge in [0, 0.05) is 25.1 Å². The summed E-state index contributed by atoms with van der Waals surface area (Å²) in [4.78, 5) is 40.9. The van der Waals surface area contributed by atoms with E-state index in [0.29, 0.717) is 49.0 Å². The number of benzene rings is 2. The maximum atomic E-state index is 13.1. The number of methoxy groups -OCH3 is 1. The Morgan fingerprint density at radius 3 is 2.33 bits per heavy atom. The number of esters is 1. The lowest BCUT2D eigenvalue weighted by atomic mass is 9.87. The zero-order valence-electron chi connectivity index (χ0n) is 23.2. The molecule has 1 heterocycles. The summed E-state index contributed by atoms with van der Waals surface area (Å²) < 4.78 is 21.5. The molecule has 40 heavy (non-hydrogen) atoms. The molecule has 1 amide bonds. The molecule has 0 aliphatic rings. The van der Waals surface area contributed by atoms with Crippen molar-refractivity contribution in [2.45, 2.75) is 39.5 Å². The Morgan fingerprint density at radius 1 is 0.975 bits per heavy atom. The lowest BCUT2D eigenvalue weighted by Crippen LogP contribution is -2.29. The van der Waals surface area contributed by atoms with Crippen molar-refractivity contribution in [1.82, 2.24) is 10.3 Å². The van der Waals surface area contributed by atoms with E-state index in [0.717, 1.165) is 11.8 Å². The van der Waals surface area contributed by atoms with E-state index in [-0.39, 0.29) is 30.1 Å². The molecule has 0 aliphatic carbocycles. The molecule has 1 aromatic heterocycles. The minimum Gasteiger partial charge on any atom is -0.506 e. The number of nitrogens with one attached hydrogen (secondary N) is 2. The van der Waals surface area contributed by atoms with Crippen molar-refractivity contribution in [2.24, 2.45) is 0 Å². The van der Waals surface area contributed by atoms with Crippen LogP contribution in [0.25, 0.3) is 0 Å². The van der Waals surface area contributed by atoms with Gasteiger partial charge in [-0.3, -0.25) is 9.59 Å². The molecular weight excluding hydrogens is 516 g/mol. The fraction of sp³-hybridized carbons (Fsp3) is 0.367. The molecule has 3 N–H and O–H groups in total. The number of pyridine rings is 1. The summed E-state index contributed by atoms with van der Waals surface area (Å²) in [6.45, 7) is 6.88. The molecule has 3 rings (SSSR count). The van der Waals surface area contributed by atoms with Gasteiger partial charge in [0.1, 0.15) is 17.1 Å². The summed E-state index contributed by atoms with van der Waals surface area (Å²) in [5.41, 5.74) is 0.646. The molecule has 0 saturated heterocycles. The number of amides is 1. The average molecular weight is 553 g/mol. The molecule has 0 saturated carbocycles. The number of rotatable bonds is 14. The standard InChI is InChI=1S/C30H36N2O8/c1-5-38-24-13-8-19(16-25(24)39-6-2)14-15-31-26(33)17-22(20-9-11-21(37-4)12-10-20)27-28(34)23(18-32-29(27)35)30(36)40-7-3/h8-13,16,18,22H,5-7,14-15,17H2,1-4H3,(H,31,33)(H2,32,34,35)/t22-/m1/s1. The Bertz CT molecular complexity index is 1350. The van der Waals surface area contributed by atoms with Gasteiger partial charge in [-0.2, -0.15) is 0 Å². The number of aromatic nitrogens is 1. The van der Waals surface area contributed by atoms with E-state index in [1.807, 2.05) is 32.0 Å². The molecule has 10 heteroatoms. The Labute approximate surface area is 233 Å². The van der Waals surface area contributed by atoms with Gasteiger partial charge < -0.3 is 34.4 Å². The number of aromatic amines is 1. The van der Waals surface area contributed by atoms with Crippen LogP contribution in [-0.2, 0) is 16.0 Å². The van der Waals surface area contributed by atoms with Crippen LogP contribution in [0.4, 0.5) is 0 Å². The van der Waals surface area contributed by atoms with Gasteiger partial charge in [-0.05, 0) is 62.6 Å². The minimum atomic E-state index is -0.848. The number of aromatic hydroxyl groups is 1. The Hall–Kier alpha value is -4.47. The molecule has 3 aromatic rings. The first kappa shape index (κ1) is 30.1. The monoisotopic (exact) mass is 552 g/mol. The summed E-state index contributed by atoms with van der Waals surface area (Å²) in [5.74, 6) is -0.590. The number of carbonyl (C=O) groups is 2. The van der Waals surface area contributed by atoms with Crippen LogP contribution in [0.5, 0.6) is 23.0 Å². The van der Waals surface area contributed by atoms with E-state index in [9.17, 15) is 19.5 Å². The third-order valence-corrected chi connectivity index (χ3v) is 6.20. The normalized spacial score (nSPS) is 11.4. The number of carbonyl (C=O) groups excluding carboxylic acids is 2. The first-order valence-electron chi connectivity index (χ1n) is 13.2. The summed E-state index contributed by atoms with van der Waals surface area (Å²) in [6, 6.07) is 12.5. The molecular formula is C30H36N2O8. The zero-order valence-corrected chi connectivity index (χ0v) is 23.2. The molecule has 0 radical (unpaired) electrons. The average Bonchev–Trinajstić information content (AvgIpc) is 2.94. The van der Waals surface area contributed by atoms with Gasteiger partial charge in [0.05, 0.1) is 32.5 Å². The number of hydrogen-bond acceptors (Lipinski definition) is 8. The van der Waals surface area contributed by atoms with Gasteiger partial charge in [-0.15, -0.1) is 0 Å². The second-order valence-corrected chi connectivity index (χ2v) is 8.79. The molecule has 1 atom stereocenters. The summed E-state index contributed by atoms with van der Waals surface area (Å²) in [5, 5.41) is 13.9. The smallest absolute Gasteiger partial charge is 0.343 e. The van der Waals surface area contributed by atoms with E-state index in [4.69, 9.17) is 18.9 Å². The van der Waals surface area contributed by atoms with Crippen LogP contribution in [0.1, 0.15) is 60.2 Å². The van der Waals surface area contributed by atoms with E-state index in [1.54, 1.807) is 31.2 Å². The summed E-state index contributed by atoms with van der Waals surface area (Å²) in [6.07, 6.45) is 1.50. The third-order valence-electron chi connectivity index (χ3n) is 6.20. The predicted octanol–water partition coefficient (Wildman–Crippen LogP) is 3.94. The predicted molar refractivity (Wildman–Crippen MR) is 150 cm³/mol. The third kappa shape index (κ3) is 7.56. The highest BCUT2D eigenvalue weighted by Gasteiger charge is 2.28. The van der Waals surface area contributed by atoms with Crippen molar-refractivity contribution in [3.8, 4) is 23.0 Å². The fourth-order valence-corrected chi connectivity index (χ4v) is 4.30. The van der Waals surface area contributed by atoms with Gasteiger partial charge in [0.25, 0.3) is 5.56 Å². The first-order chi connectivity index (χ1) is 19.3.